The first-order chi connectivity index (χ1) is 16.9. The summed E-state index contributed by atoms with van der Waals surface area (Å²) in [4.78, 5) is 6.92. The first kappa shape index (κ1) is 29.6. The number of hydrogen-bond donors (Lipinski definition) is 0. The molecule has 2 heterocycles. The Bertz CT molecular complexity index is 494. The zero-order valence-corrected chi connectivity index (χ0v) is 21.7. The summed E-state index contributed by atoms with van der Waals surface area (Å²) in [6.07, 6.45) is 11.6. The predicted octanol–water partition coefficient (Wildman–Crippen LogP) is 3.71. The van der Waals surface area contributed by atoms with Crippen molar-refractivity contribution in [3.8, 4) is 0 Å². The van der Waals surface area contributed by atoms with Crippen molar-refractivity contribution in [2.45, 2.75) is 70.8 Å². The van der Waals surface area contributed by atoms with Gasteiger partial charge in [-0.05, 0) is 6.42 Å². The van der Waals surface area contributed by atoms with Gasteiger partial charge in [0.1, 0.15) is 0 Å². The molecule has 2 aliphatic heterocycles. The summed E-state index contributed by atoms with van der Waals surface area (Å²) in [6, 6.07) is 0. The Balaban J connectivity index is 1.89. The molecule has 2 bridgehead atoms. The lowest BCUT2D eigenvalue weighted by molar-refractivity contribution is -0.0534. The minimum Gasteiger partial charge on any atom is -0.378 e. The van der Waals surface area contributed by atoms with Crippen molar-refractivity contribution in [3.05, 3.63) is 0 Å². The number of rotatable bonds is 9. The molecule has 0 aromatic heterocycles. The Morgan fingerprint density at radius 1 is 0.706 bits per heavy atom. The number of aliphatic imine (C=N–C) groups is 1. The maximum Gasteiger partial charge on any atom is 0.0993 e. The predicted molar refractivity (Wildman–Crippen MR) is 135 cm³/mol. The molecule has 2 unspecified atom stereocenters. The molecule has 1 fully saturated rings. The molecule has 200 valence electrons. The topological polar surface area (TPSA) is 71.0 Å². The average molecular weight is 487 g/mol. The molecule has 0 aromatic carbocycles. The van der Waals surface area contributed by atoms with Gasteiger partial charge in [-0.15, -0.1) is 0 Å². The third kappa shape index (κ3) is 16.1. The Kier molecular flexibility index (Phi) is 18.9. The molecule has 0 saturated carbocycles. The van der Waals surface area contributed by atoms with Crippen molar-refractivity contribution in [2.24, 2.45) is 4.99 Å². The van der Waals surface area contributed by atoms with E-state index in [-0.39, 0.29) is 6.10 Å². The lowest BCUT2D eigenvalue weighted by Gasteiger charge is -2.24. The summed E-state index contributed by atoms with van der Waals surface area (Å²) in [5, 5.41) is 0. The lowest BCUT2D eigenvalue weighted by atomic mass is 10.1. The summed E-state index contributed by atoms with van der Waals surface area (Å²) in [7, 11) is 0. The fourth-order valence-electron chi connectivity index (χ4n) is 4.01. The summed E-state index contributed by atoms with van der Waals surface area (Å²) < 4.78 is 35.4. The van der Waals surface area contributed by atoms with Crippen molar-refractivity contribution in [1.29, 1.82) is 0 Å². The van der Waals surface area contributed by atoms with Crippen molar-refractivity contribution in [1.82, 2.24) is 4.90 Å². The second-order valence-electron chi connectivity index (χ2n) is 9.15. The van der Waals surface area contributed by atoms with E-state index in [1.807, 2.05) is 0 Å². The number of hydrogen-bond acceptors (Lipinski definition) is 8. The van der Waals surface area contributed by atoms with Gasteiger partial charge in [-0.2, -0.15) is 0 Å². The van der Waals surface area contributed by atoms with Crippen molar-refractivity contribution in [2.75, 3.05) is 92.4 Å². The fraction of sp³-hybridized carbons (Fsp3) is 0.962. The molecule has 0 aliphatic carbocycles. The van der Waals surface area contributed by atoms with Crippen LogP contribution < -0.4 is 0 Å². The number of unbranched alkanes of at least 4 members (excludes halogenated alkanes) is 7. The van der Waals surface area contributed by atoms with Crippen LogP contribution >= 0.6 is 0 Å². The Labute approximate surface area is 207 Å². The van der Waals surface area contributed by atoms with Crippen molar-refractivity contribution < 1.29 is 28.4 Å². The van der Waals surface area contributed by atoms with Gasteiger partial charge in [0.05, 0.1) is 91.2 Å². The minimum absolute atomic E-state index is 0.0664. The Morgan fingerprint density at radius 3 is 2.09 bits per heavy atom. The molecule has 8 nitrogen and oxygen atoms in total. The van der Waals surface area contributed by atoms with Crippen LogP contribution in [0, 0.1) is 0 Å². The largest absolute Gasteiger partial charge is 0.378 e. The highest BCUT2D eigenvalue weighted by atomic mass is 16.5. The first-order valence-electron chi connectivity index (χ1n) is 13.6. The van der Waals surface area contributed by atoms with Crippen LogP contribution in [0.3, 0.4) is 0 Å². The van der Waals surface area contributed by atoms with Crippen LogP contribution in [-0.2, 0) is 28.4 Å². The summed E-state index contributed by atoms with van der Waals surface area (Å²) >= 11 is 0. The maximum atomic E-state index is 6.30. The van der Waals surface area contributed by atoms with Gasteiger partial charge in [-0.25, -0.2) is 0 Å². The number of ether oxygens (including phenoxy) is 6. The SMILES string of the molecule is CCCCCCCCCCC1COCN2CCOCCOCCN=C(COCCOCC2)CO1. The molecule has 0 N–H and O–H groups in total. The highest BCUT2D eigenvalue weighted by molar-refractivity contribution is 5.87. The van der Waals surface area contributed by atoms with Crippen LogP contribution in [0.15, 0.2) is 4.99 Å². The normalized spacial score (nSPS) is 25.3. The van der Waals surface area contributed by atoms with Gasteiger partial charge < -0.3 is 28.4 Å². The van der Waals surface area contributed by atoms with Gasteiger partial charge in [-0.1, -0.05) is 58.3 Å². The van der Waals surface area contributed by atoms with E-state index in [9.17, 15) is 0 Å². The number of nitrogens with zero attached hydrogens (tertiary/aromatic N) is 2. The molecule has 2 atom stereocenters. The molecule has 8 heteroatoms. The van der Waals surface area contributed by atoms with Gasteiger partial charge in [-0.3, -0.25) is 9.89 Å². The van der Waals surface area contributed by atoms with Gasteiger partial charge in [0.25, 0.3) is 0 Å². The van der Waals surface area contributed by atoms with Crippen LogP contribution in [-0.4, -0.2) is 109 Å². The van der Waals surface area contributed by atoms with E-state index in [1.54, 1.807) is 0 Å². The van der Waals surface area contributed by atoms with E-state index >= 15 is 0 Å². The van der Waals surface area contributed by atoms with Crippen LogP contribution in [0.1, 0.15) is 64.7 Å². The molecule has 34 heavy (non-hydrogen) atoms. The fourth-order valence-corrected chi connectivity index (χ4v) is 4.01. The molecular formula is C26H50N2O6. The van der Waals surface area contributed by atoms with Crippen LogP contribution in [0.5, 0.6) is 0 Å². The molecule has 2 rings (SSSR count). The molecular weight excluding hydrogens is 436 g/mol. The monoisotopic (exact) mass is 486 g/mol. The third-order valence-corrected chi connectivity index (χ3v) is 6.13. The minimum atomic E-state index is 0.0664. The summed E-state index contributed by atoms with van der Waals surface area (Å²) in [5.74, 6) is 0. The van der Waals surface area contributed by atoms with Crippen molar-refractivity contribution in [3.63, 3.8) is 0 Å². The van der Waals surface area contributed by atoms with E-state index < -0.39 is 0 Å². The van der Waals surface area contributed by atoms with E-state index in [0.717, 1.165) is 25.2 Å². The molecule has 0 amide bonds. The second-order valence-corrected chi connectivity index (χ2v) is 9.15. The average Bonchev–Trinajstić information content (AvgIpc) is 2.85. The molecule has 0 spiro atoms. The van der Waals surface area contributed by atoms with Gasteiger partial charge in [0, 0.05) is 13.1 Å². The first-order valence-corrected chi connectivity index (χ1v) is 13.6. The van der Waals surface area contributed by atoms with E-state index in [1.165, 1.54) is 51.4 Å². The smallest absolute Gasteiger partial charge is 0.0993 e. The molecule has 1 saturated heterocycles. The van der Waals surface area contributed by atoms with Crippen molar-refractivity contribution >= 4 is 5.71 Å². The number of fused-ring (bicyclic) bond motifs is 7. The highest BCUT2D eigenvalue weighted by Crippen LogP contribution is 2.13. The van der Waals surface area contributed by atoms with Gasteiger partial charge in [0.15, 0.2) is 0 Å². The van der Waals surface area contributed by atoms with E-state index in [2.05, 4.69) is 16.8 Å². The van der Waals surface area contributed by atoms with Gasteiger partial charge in [0.2, 0.25) is 0 Å². The summed E-state index contributed by atoms with van der Waals surface area (Å²) in [6.45, 7) is 10.7. The zero-order valence-electron chi connectivity index (χ0n) is 21.7. The van der Waals surface area contributed by atoms with Crippen LogP contribution in [0.25, 0.3) is 0 Å². The molecule has 0 aromatic rings. The molecule has 0 radical (unpaired) electrons. The van der Waals surface area contributed by atoms with E-state index in [4.69, 9.17) is 28.4 Å². The Hall–Kier alpha value is -0.610. The molecule has 2 aliphatic rings. The van der Waals surface area contributed by atoms with Crippen LogP contribution in [0.2, 0.25) is 0 Å². The van der Waals surface area contributed by atoms with E-state index in [0.29, 0.717) is 79.3 Å². The third-order valence-electron chi connectivity index (χ3n) is 6.13. The lowest BCUT2D eigenvalue weighted by Crippen LogP contribution is -2.35. The standard InChI is InChI=1S/C26H50N2O6/c1-2-3-4-5-6-7-8-9-10-26-23-33-24-28-12-15-30-18-17-29-14-11-27-25(22-34-26)21-32-20-19-31-16-13-28/h26H,2-24H2,1H3. The Morgan fingerprint density at radius 2 is 1.35 bits per heavy atom. The quantitative estimate of drug-likeness (QED) is 0.460. The highest BCUT2D eigenvalue weighted by Gasteiger charge is 2.14. The second kappa shape index (κ2) is 21.7. The maximum absolute atomic E-state index is 6.30. The summed E-state index contributed by atoms with van der Waals surface area (Å²) in [5.41, 5.74) is 0.918. The van der Waals surface area contributed by atoms with Gasteiger partial charge >= 0.3 is 0 Å². The zero-order chi connectivity index (χ0) is 23.9. The van der Waals surface area contributed by atoms with Crippen LogP contribution in [0.4, 0.5) is 0 Å².